The number of benzene rings is 1. The van der Waals surface area contributed by atoms with E-state index in [9.17, 15) is 10.1 Å². The van der Waals surface area contributed by atoms with E-state index in [0.29, 0.717) is 22.9 Å². The van der Waals surface area contributed by atoms with Crippen molar-refractivity contribution in [2.24, 2.45) is 5.41 Å². The summed E-state index contributed by atoms with van der Waals surface area (Å²) < 4.78 is 5.65. The van der Waals surface area contributed by atoms with Crippen LogP contribution in [0.15, 0.2) is 18.2 Å². The van der Waals surface area contributed by atoms with Gasteiger partial charge >= 0.3 is 0 Å². The number of nitriles is 1. The molecular weight excluding hydrogens is 250 g/mol. The molecule has 0 saturated heterocycles. The molecule has 0 atom stereocenters. The summed E-state index contributed by atoms with van der Waals surface area (Å²) in [7, 11) is 0. The number of ether oxygens (including phenoxy) is 1. The fourth-order valence-electron chi connectivity index (χ4n) is 2.30. The summed E-state index contributed by atoms with van der Waals surface area (Å²) in [6.45, 7) is 0.339. The van der Waals surface area contributed by atoms with Crippen molar-refractivity contribution in [1.29, 1.82) is 5.26 Å². The van der Waals surface area contributed by atoms with E-state index in [0.717, 1.165) is 32.0 Å². The molecule has 1 aromatic carbocycles. The summed E-state index contributed by atoms with van der Waals surface area (Å²) >= 11 is 5.81. The molecule has 0 unspecified atom stereocenters. The smallest absolute Gasteiger partial charge is 0.153 e. The van der Waals surface area contributed by atoms with Crippen molar-refractivity contribution in [2.45, 2.75) is 25.7 Å². The van der Waals surface area contributed by atoms with Crippen molar-refractivity contribution < 1.29 is 9.53 Å². The predicted octanol–water partition coefficient (Wildman–Crippen LogP) is 3.62. The Hall–Kier alpha value is -1.53. The summed E-state index contributed by atoms with van der Waals surface area (Å²) in [5.41, 5.74) is 0.0355. The Kier molecular flexibility index (Phi) is 3.88. The molecule has 94 valence electrons. The molecule has 1 aliphatic rings. The topological polar surface area (TPSA) is 50.1 Å². The van der Waals surface area contributed by atoms with Crippen molar-refractivity contribution in [3.05, 3.63) is 28.8 Å². The van der Waals surface area contributed by atoms with Gasteiger partial charge in [0.25, 0.3) is 0 Å². The maximum atomic E-state index is 10.9. The summed E-state index contributed by atoms with van der Waals surface area (Å²) in [5, 5.41) is 9.74. The Morgan fingerprint density at radius 2 is 2.17 bits per heavy atom. The van der Waals surface area contributed by atoms with Gasteiger partial charge in [-0.25, -0.2) is 0 Å². The van der Waals surface area contributed by atoms with Gasteiger partial charge in [-0.3, -0.25) is 4.79 Å². The lowest BCUT2D eigenvalue weighted by molar-refractivity contribution is 0.111. The molecule has 18 heavy (non-hydrogen) atoms. The average Bonchev–Trinajstić information content (AvgIpc) is 2.86. The standard InChI is InChI=1S/C14H14ClNO2/c15-12-3-4-13(11(7-12)8-17)18-10-14(9-16)5-1-2-6-14/h3-4,7-8H,1-2,5-6,10H2. The van der Waals surface area contributed by atoms with E-state index in [1.165, 1.54) is 0 Å². The summed E-state index contributed by atoms with van der Waals surface area (Å²) in [4.78, 5) is 10.9. The van der Waals surface area contributed by atoms with Gasteiger partial charge in [0, 0.05) is 5.02 Å². The molecule has 1 fully saturated rings. The fourth-order valence-corrected chi connectivity index (χ4v) is 2.48. The number of aldehydes is 1. The van der Waals surface area contributed by atoms with Gasteiger partial charge in [0.15, 0.2) is 6.29 Å². The van der Waals surface area contributed by atoms with Crippen molar-refractivity contribution in [1.82, 2.24) is 0 Å². The average molecular weight is 264 g/mol. The maximum absolute atomic E-state index is 10.9. The third-order valence-corrected chi connectivity index (χ3v) is 3.64. The van der Waals surface area contributed by atoms with E-state index < -0.39 is 0 Å². The normalized spacial score (nSPS) is 17.1. The van der Waals surface area contributed by atoms with Crippen LogP contribution in [0.3, 0.4) is 0 Å². The molecule has 0 radical (unpaired) electrons. The summed E-state index contributed by atoms with van der Waals surface area (Å²) in [6, 6.07) is 7.28. The van der Waals surface area contributed by atoms with E-state index in [4.69, 9.17) is 16.3 Å². The number of rotatable bonds is 4. The highest BCUT2D eigenvalue weighted by Gasteiger charge is 2.35. The lowest BCUT2D eigenvalue weighted by Crippen LogP contribution is -2.23. The van der Waals surface area contributed by atoms with Crippen LogP contribution in [0, 0.1) is 16.7 Å². The van der Waals surface area contributed by atoms with E-state index in [-0.39, 0.29) is 5.41 Å². The van der Waals surface area contributed by atoms with Crippen LogP contribution in [0.4, 0.5) is 0 Å². The van der Waals surface area contributed by atoms with Gasteiger partial charge in [-0.1, -0.05) is 24.4 Å². The van der Waals surface area contributed by atoms with Crippen LogP contribution < -0.4 is 4.74 Å². The number of carbonyl (C=O) groups excluding carboxylic acids is 1. The molecule has 2 rings (SSSR count). The zero-order valence-electron chi connectivity index (χ0n) is 9.99. The van der Waals surface area contributed by atoms with Crippen molar-refractivity contribution in [3.63, 3.8) is 0 Å². The van der Waals surface area contributed by atoms with Crippen LogP contribution in [0.2, 0.25) is 5.02 Å². The molecule has 4 heteroatoms. The largest absolute Gasteiger partial charge is 0.491 e. The van der Waals surface area contributed by atoms with E-state index in [1.807, 2.05) is 0 Å². The Morgan fingerprint density at radius 3 is 2.78 bits per heavy atom. The molecule has 3 nitrogen and oxygen atoms in total. The second-order valence-electron chi connectivity index (χ2n) is 4.69. The molecule has 0 amide bonds. The zero-order valence-corrected chi connectivity index (χ0v) is 10.7. The van der Waals surface area contributed by atoms with Crippen molar-refractivity contribution in [2.75, 3.05) is 6.61 Å². The van der Waals surface area contributed by atoms with Crippen molar-refractivity contribution in [3.8, 4) is 11.8 Å². The highest BCUT2D eigenvalue weighted by molar-refractivity contribution is 6.30. The molecule has 1 saturated carbocycles. The molecule has 0 aliphatic heterocycles. The first kappa shape index (κ1) is 12.9. The van der Waals surface area contributed by atoms with Crippen LogP contribution in [-0.2, 0) is 0 Å². The molecule has 1 aliphatic carbocycles. The first-order valence-corrected chi connectivity index (χ1v) is 6.36. The monoisotopic (exact) mass is 263 g/mol. The van der Waals surface area contributed by atoms with Gasteiger partial charge in [-0.05, 0) is 31.0 Å². The van der Waals surface area contributed by atoms with E-state index in [1.54, 1.807) is 18.2 Å². The van der Waals surface area contributed by atoms with Crippen LogP contribution in [-0.4, -0.2) is 12.9 Å². The first-order chi connectivity index (χ1) is 8.69. The first-order valence-electron chi connectivity index (χ1n) is 5.98. The Labute approximate surface area is 111 Å². The predicted molar refractivity (Wildman–Crippen MR) is 68.8 cm³/mol. The quantitative estimate of drug-likeness (QED) is 0.780. The van der Waals surface area contributed by atoms with E-state index in [2.05, 4.69) is 6.07 Å². The molecule has 0 bridgehead atoms. The minimum absolute atomic E-state index is 0.339. The Balaban J connectivity index is 2.10. The van der Waals surface area contributed by atoms with Gasteiger partial charge in [-0.15, -0.1) is 0 Å². The molecule has 0 heterocycles. The molecule has 0 aromatic heterocycles. The van der Waals surface area contributed by atoms with Gasteiger partial charge in [-0.2, -0.15) is 5.26 Å². The van der Waals surface area contributed by atoms with Gasteiger partial charge in [0.05, 0.1) is 17.0 Å². The molecule has 0 spiro atoms. The van der Waals surface area contributed by atoms with Gasteiger partial charge in [0.2, 0.25) is 0 Å². The lowest BCUT2D eigenvalue weighted by atomic mass is 9.89. The van der Waals surface area contributed by atoms with Crippen LogP contribution >= 0.6 is 11.6 Å². The SMILES string of the molecule is N#CC1(COc2ccc(Cl)cc2C=O)CCCC1. The van der Waals surface area contributed by atoms with Crippen LogP contribution in [0.25, 0.3) is 0 Å². The lowest BCUT2D eigenvalue weighted by Gasteiger charge is -2.21. The summed E-state index contributed by atoms with van der Waals surface area (Å²) in [5.74, 6) is 0.496. The van der Waals surface area contributed by atoms with Crippen LogP contribution in [0.5, 0.6) is 5.75 Å². The second kappa shape index (κ2) is 5.41. The number of hydrogen-bond donors (Lipinski definition) is 0. The number of halogens is 1. The van der Waals surface area contributed by atoms with Crippen LogP contribution in [0.1, 0.15) is 36.0 Å². The third kappa shape index (κ3) is 2.65. The minimum atomic E-state index is -0.389. The molecule has 0 N–H and O–H groups in total. The number of hydrogen-bond acceptors (Lipinski definition) is 3. The summed E-state index contributed by atoms with van der Waals surface area (Å²) in [6.07, 6.45) is 4.59. The van der Waals surface area contributed by atoms with Gasteiger partial charge < -0.3 is 4.74 Å². The molecular formula is C14H14ClNO2. The minimum Gasteiger partial charge on any atom is -0.491 e. The van der Waals surface area contributed by atoms with Gasteiger partial charge in [0.1, 0.15) is 12.4 Å². The third-order valence-electron chi connectivity index (χ3n) is 3.40. The zero-order chi connectivity index (χ0) is 13.0. The van der Waals surface area contributed by atoms with E-state index >= 15 is 0 Å². The fraction of sp³-hybridized carbons (Fsp3) is 0.429. The number of nitrogens with zero attached hydrogens (tertiary/aromatic N) is 1. The Bertz CT molecular complexity index is 487. The molecule has 1 aromatic rings. The number of carbonyl (C=O) groups is 1. The Morgan fingerprint density at radius 1 is 1.44 bits per heavy atom. The second-order valence-corrected chi connectivity index (χ2v) is 5.12. The highest BCUT2D eigenvalue weighted by atomic mass is 35.5. The van der Waals surface area contributed by atoms with Crippen molar-refractivity contribution >= 4 is 17.9 Å². The highest BCUT2D eigenvalue weighted by Crippen LogP contribution is 2.38. The maximum Gasteiger partial charge on any atom is 0.153 e.